The van der Waals surface area contributed by atoms with Crippen LogP contribution in [0.2, 0.25) is 0 Å². The number of amides is 1. The lowest BCUT2D eigenvalue weighted by molar-refractivity contribution is -0.133. The number of piperazine rings is 1. The van der Waals surface area contributed by atoms with Crippen molar-refractivity contribution in [2.24, 2.45) is 0 Å². The molecule has 0 spiro atoms. The van der Waals surface area contributed by atoms with Crippen LogP contribution < -0.4 is 0 Å². The molecule has 1 aromatic carbocycles. The zero-order valence-electron chi connectivity index (χ0n) is 13.7. The molecule has 3 nitrogen and oxygen atoms in total. The normalized spacial score (nSPS) is 15.8. The molecule has 1 aliphatic rings. The Bertz CT molecular complexity index is 631. The Kier molecular flexibility index (Phi) is 5.47. The summed E-state index contributed by atoms with van der Waals surface area (Å²) in [4.78, 5) is 16.8. The van der Waals surface area contributed by atoms with Gasteiger partial charge in [-0.15, -0.1) is 0 Å². The molecule has 2 heterocycles. The summed E-state index contributed by atoms with van der Waals surface area (Å²) < 4.78 is 0. The molecule has 0 atom stereocenters. The van der Waals surface area contributed by atoms with Gasteiger partial charge in [-0.1, -0.05) is 29.8 Å². The molecule has 1 amide bonds. The molecule has 23 heavy (non-hydrogen) atoms. The van der Waals surface area contributed by atoms with E-state index in [-0.39, 0.29) is 0 Å². The van der Waals surface area contributed by atoms with Gasteiger partial charge in [-0.25, -0.2) is 0 Å². The maximum absolute atomic E-state index is 12.3. The molecule has 1 aromatic heterocycles. The molecule has 2 aromatic rings. The average Bonchev–Trinajstić information content (AvgIpc) is 3.07. The molecular weight excluding hydrogens is 304 g/mol. The number of rotatable bonds is 5. The highest BCUT2D eigenvalue weighted by atomic mass is 32.1. The van der Waals surface area contributed by atoms with Gasteiger partial charge in [0.05, 0.1) is 0 Å². The van der Waals surface area contributed by atoms with Crippen molar-refractivity contribution in [2.45, 2.75) is 26.3 Å². The molecule has 0 radical (unpaired) electrons. The monoisotopic (exact) mass is 328 g/mol. The summed E-state index contributed by atoms with van der Waals surface area (Å²) in [6.07, 6.45) is 1.50. The lowest BCUT2D eigenvalue weighted by Gasteiger charge is -2.35. The van der Waals surface area contributed by atoms with Gasteiger partial charge < -0.3 is 4.90 Å². The highest BCUT2D eigenvalue weighted by molar-refractivity contribution is 7.07. The van der Waals surface area contributed by atoms with Crippen molar-refractivity contribution < 1.29 is 4.79 Å². The van der Waals surface area contributed by atoms with Gasteiger partial charge in [0.15, 0.2) is 0 Å². The van der Waals surface area contributed by atoms with Crippen LogP contribution in [0.25, 0.3) is 0 Å². The van der Waals surface area contributed by atoms with Gasteiger partial charge in [0.1, 0.15) is 0 Å². The number of thiophene rings is 1. The Balaban J connectivity index is 1.43. The van der Waals surface area contributed by atoms with Crippen molar-refractivity contribution in [1.29, 1.82) is 0 Å². The summed E-state index contributed by atoms with van der Waals surface area (Å²) in [5, 5.41) is 4.21. The number of hydrogen-bond acceptors (Lipinski definition) is 3. The Morgan fingerprint density at radius 2 is 1.96 bits per heavy atom. The van der Waals surface area contributed by atoms with Crippen molar-refractivity contribution in [2.75, 3.05) is 26.2 Å². The molecule has 0 N–H and O–H groups in total. The van der Waals surface area contributed by atoms with E-state index in [1.54, 1.807) is 11.3 Å². The van der Waals surface area contributed by atoms with E-state index in [0.29, 0.717) is 12.3 Å². The summed E-state index contributed by atoms with van der Waals surface area (Å²) in [7, 11) is 0. The van der Waals surface area contributed by atoms with Gasteiger partial charge >= 0.3 is 0 Å². The second kappa shape index (κ2) is 7.75. The minimum atomic E-state index is 0.298. The molecule has 1 aliphatic heterocycles. The van der Waals surface area contributed by atoms with Gasteiger partial charge in [-0.2, -0.15) is 11.3 Å². The Morgan fingerprint density at radius 1 is 1.13 bits per heavy atom. The summed E-state index contributed by atoms with van der Waals surface area (Å²) in [6.45, 7) is 6.77. The first-order valence-electron chi connectivity index (χ1n) is 8.27. The van der Waals surface area contributed by atoms with Crippen LogP contribution in [0.5, 0.6) is 0 Å². The van der Waals surface area contributed by atoms with Crippen molar-refractivity contribution in [3.63, 3.8) is 0 Å². The zero-order chi connectivity index (χ0) is 16.1. The topological polar surface area (TPSA) is 23.6 Å². The number of carbonyl (C=O) groups is 1. The zero-order valence-corrected chi connectivity index (χ0v) is 14.5. The minimum Gasteiger partial charge on any atom is -0.340 e. The SMILES string of the molecule is Cc1cccc(CN2CCN(C(=O)CCc3ccsc3)CC2)c1. The molecule has 0 aliphatic carbocycles. The van der Waals surface area contributed by atoms with Crippen molar-refractivity contribution in [1.82, 2.24) is 9.80 Å². The Morgan fingerprint density at radius 3 is 2.65 bits per heavy atom. The number of nitrogens with zero attached hydrogens (tertiary/aromatic N) is 2. The van der Waals surface area contributed by atoms with E-state index in [0.717, 1.165) is 39.1 Å². The second-order valence-corrected chi connectivity index (χ2v) is 7.06. The fraction of sp³-hybridized carbons (Fsp3) is 0.421. The molecule has 1 saturated heterocycles. The third-order valence-corrected chi connectivity index (χ3v) is 5.15. The van der Waals surface area contributed by atoms with E-state index in [1.807, 2.05) is 4.90 Å². The van der Waals surface area contributed by atoms with Crippen LogP contribution in [0, 0.1) is 6.92 Å². The molecule has 122 valence electrons. The van der Waals surface area contributed by atoms with E-state index < -0.39 is 0 Å². The second-order valence-electron chi connectivity index (χ2n) is 6.28. The van der Waals surface area contributed by atoms with Gasteiger partial charge in [0.25, 0.3) is 0 Å². The first kappa shape index (κ1) is 16.2. The van der Waals surface area contributed by atoms with E-state index in [9.17, 15) is 4.79 Å². The van der Waals surface area contributed by atoms with Crippen LogP contribution in [-0.2, 0) is 17.8 Å². The summed E-state index contributed by atoms with van der Waals surface area (Å²) in [5.41, 5.74) is 3.95. The lowest BCUT2D eigenvalue weighted by atomic mass is 10.1. The molecule has 3 rings (SSSR count). The number of hydrogen-bond donors (Lipinski definition) is 0. The van der Waals surface area contributed by atoms with Crippen molar-refractivity contribution in [3.8, 4) is 0 Å². The molecule has 0 saturated carbocycles. The Hall–Kier alpha value is -1.65. The van der Waals surface area contributed by atoms with Crippen LogP contribution in [0.1, 0.15) is 23.1 Å². The van der Waals surface area contributed by atoms with Crippen LogP contribution in [-0.4, -0.2) is 41.9 Å². The van der Waals surface area contributed by atoms with Gasteiger partial charge in [-0.3, -0.25) is 9.69 Å². The van der Waals surface area contributed by atoms with Crippen LogP contribution in [0.4, 0.5) is 0 Å². The van der Waals surface area contributed by atoms with Gasteiger partial charge in [0.2, 0.25) is 5.91 Å². The quantitative estimate of drug-likeness (QED) is 0.840. The molecule has 0 unspecified atom stereocenters. The first-order valence-corrected chi connectivity index (χ1v) is 9.22. The van der Waals surface area contributed by atoms with Gasteiger partial charge in [0, 0.05) is 39.1 Å². The van der Waals surface area contributed by atoms with E-state index in [2.05, 4.69) is 52.9 Å². The predicted molar refractivity (Wildman–Crippen MR) is 95.7 cm³/mol. The number of carbonyl (C=O) groups excluding carboxylic acids is 1. The van der Waals surface area contributed by atoms with E-state index in [1.165, 1.54) is 16.7 Å². The molecular formula is C19H24N2OS. The molecule has 4 heteroatoms. The third kappa shape index (κ3) is 4.66. The standard InChI is InChI=1S/C19H24N2OS/c1-16-3-2-4-18(13-16)14-20-8-10-21(11-9-20)19(22)6-5-17-7-12-23-15-17/h2-4,7,12-13,15H,5-6,8-11,14H2,1H3. The fourth-order valence-electron chi connectivity index (χ4n) is 3.07. The summed E-state index contributed by atoms with van der Waals surface area (Å²) >= 11 is 1.70. The largest absolute Gasteiger partial charge is 0.340 e. The highest BCUT2D eigenvalue weighted by Crippen LogP contribution is 2.13. The first-order chi connectivity index (χ1) is 11.2. The Labute approximate surface area is 142 Å². The maximum atomic E-state index is 12.3. The fourth-order valence-corrected chi connectivity index (χ4v) is 3.77. The summed E-state index contributed by atoms with van der Waals surface area (Å²) in [6, 6.07) is 10.8. The lowest BCUT2D eigenvalue weighted by Crippen LogP contribution is -2.48. The van der Waals surface area contributed by atoms with Crippen molar-refractivity contribution >= 4 is 17.2 Å². The molecule has 0 bridgehead atoms. The van der Waals surface area contributed by atoms with Crippen molar-refractivity contribution in [3.05, 3.63) is 57.8 Å². The smallest absolute Gasteiger partial charge is 0.222 e. The third-order valence-electron chi connectivity index (χ3n) is 4.42. The minimum absolute atomic E-state index is 0.298. The average molecular weight is 328 g/mol. The number of aryl methyl sites for hydroxylation is 2. The number of benzene rings is 1. The van der Waals surface area contributed by atoms with Crippen LogP contribution in [0.15, 0.2) is 41.1 Å². The van der Waals surface area contributed by atoms with Crippen LogP contribution in [0.3, 0.4) is 0 Å². The predicted octanol–water partition coefficient (Wildman–Crippen LogP) is 3.33. The van der Waals surface area contributed by atoms with E-state index in [4.69, 9.17) is 0 Å². The van der Waals surface area contributed by atoms with E-state index >= 15 is 0 Å². The van der Waals surface area contributed by atoms with Crippen LogP contribution >= 0.6 is 11.3 Å². The highest BCUT2D eigenvalue weighted by Gasteiger charge is 2.20. The maximum Gasteiger partial charge on any atom is 0.222 e. The van der Waals surface area contributed by atoms with Gasteiger partial charge in [-0.05, 0) is 41.3 Å². The molecule has 1 fully saturated rings. The summed E-state index contributed by atoms with van der Waals surface area (Å²) in [5.74, 6) is 0.298.